The van der Waals surface area contributed by atoms with Crippen molar-refractivity contribution in [1.29, 1.82) is 0 Å². The van der Waals surface area contributed by atoms with Gasteiger partial charge in [-0.3, -0.25) is 19.7 Å². The van der Waals surface area contributed by atoms with Crippen LogP contribution in [0.3, 0.4) is 0 Å². The summed E-state index contributed by atoms with van der Waals surface area (Å²) in [5, 5.41) is 16.7. The Kier molecular flexibility index (Phi) is 6.32. The summed E-state index contributed by atoms with van der Waals surface area (Å²) in [6.45, 7) is 0.551. The molecular formula is C22H19N3O4. The Bertz CT molecular complexity index is 947. The maximum absolute atomic E-state index is 12.5. The van der Waals surface area contributed by atoms with E-state index in [1.807, 2.05) is 60.7 Å². The van der Waals surface area contributed by atoms with Crippen molar-refractivity contribution in [3.05, 3.63) is 111 Å². The van der Waals surface area contributed by atoms with Gasteiger partial charge in [-0.15, -0.1) is 0 Å². The lowest BCUT2D eigenvalue weighted by atomic mass is 10.1. The molecule has 3 rings (SSSR count). The highest BCUT2D eigenvalue weighted by molar-refractivity contribution is 6.00. The van der Waals surface area contributed by atoms with Crippen LogP contribution >= 0.6 is 0 Å². The lowest BCUT2D eigenvalue weighted by molar-refractivity contribution is -0.384. The Morgan fingerprint density at radius 3 is 1.52 bits per heavy atom. The van der Waals surface area contributed by atoms with Gasteiger partial charge in [-0.25, -0.2) is 0 Å². The van der Waals surface area contributed by atoms with E-state index in [9.17, 15) is 19.7 Å². The predicted molar refractivity (Wildman–Crippen MR) is 108 cm³/mol. The Labute approximate surface area is 167 Å². The number of hydrogen-bond acceptors (Lipinski definition) is 4. The molecule has 29 heavy (non-hydrogen) atoms. The van der Waals surface area contributed by atoms with Crippen LogP contribution in [0.2, 0.25) is 0 Å². The van der Waals surface area contributed by atoms with Crippen molar-refractivity contribution in [2.45, 2.75) is 13.1 Å². The first kappa shape index (κ1) is 19.8. The van der Waals surface area contributed by atoms with Crippen LogP contribution in [0.15, 0.2) is 78.9 Å². The van der Waals surface area contributed by atoms with Crippen molar-refractivity contribution in [1.82, 2.24) is 10.6 Å². The SMILES string of the molecule is O=C(NCc1ccccc1)c1cc(C(=O)NCc2ccccc2)cc([N+](=O)[O-])c1. The van der Waals surface area contributed by atoms with E-state index in [0.717, 1.165) is 23.3 Å². The average Bonchev–Trinajstić information content (AvgIpc) is 2.76. The Balaban J connectivity index is 1.75. The molecule has 7 nitrogen and oxygen atoms in total. The van der Waals surface area contributed by atoms with Crippen LogP contribution in [0, 0.1) is 10.1 Å². The van der Waals surface area contributed by atoms with Gasteiger partial charge in [0.05, 0.1) is 4.92 Å². The quantitative estimate of drug-likeness (QED) is 0.477. The molecular weight excluding hydrogens is 370 g/mol. The average molecular weight is 389 g/mol. The zero-order chi connectivity index (χ0) is 20.6. The van der Waals surface area contributed by atoms with E-state index in [0.29, 0.717) is 0 Å². The molecule has 3 aromatic carbocycles. The molecule has 0 radical (unpaired) electrons. The van der Waals surface area contributed by atoms with E-state index in [-0.39, 0.29) is 29.9 Å². The van der Waals surface area contributed by atoms with Crippen LogP contribution in [0.4, 0.5) is 5.69 Å². The van der Waals surface area contributed by atoms with Gasteiger partial charge in [0.2, 0.25) is 0 Å². The summed E-state index contributed by atoms with van der Waals surface area (Å²) in [5.41, 5.74) is 1.58. The fraction of sp³-hybridized carbons (Fsp3) is 0.0909. The highest BCUT2D eigenvalue weighted by Crippen LogP contribution is 2.18. The molecule has 0 aliphatic carbocycles. The maximum Gasteiger partial charge on any atom is 0.271 e. The van der Waals surface area contributed by atoms with E-state index >= 15 is 0 Å². The summed E-state index contributed by atoms with van der Waals surface area (Å²) in [5.74, 6) is -0.982. The van der Waals surface area contributed by atoms with Gasteiger partial charge in [0.25, 0.3) is 17.5 Å². The minimum absolute atomic E-state index is 0.0555. The fourth-order valence-corrected chi connectivity index (χ4v) is 2.74. The minimum Gasteiger partial charge on any atom is -0.348 e. The summed E-state index contributed by atoms with van der Waals surface area (Å²) < 4.78 is 0. The van der Waals surface area contributed by atoms with Gasteiger partial charge in [-0.2, -0.15) is 0 Å². The number of hydrogen-bond donors (Lipinski definition) is 2. The lowest BCUT2D eigenvalue weighted by Crippen LogP contribution is -2.25. The van der Waals surface area contributed by atoms with Crippen LogP contribution in [-0.4, -0.2) is 16.7 Å². The van der Waals surface area contributed by atoms with E-state index in [2.05, 4.69) is 10.6 Å². The molecule has 2 N–H and O–H groups in total. The molecule has 0 bridgehead atoms. The van der Waals surface area contributed by atoms with Crippen LogP contribution < -0.4 is 10.6 Å². The van der Waals surface area contributed by atoms with Crippen LogP contribution in [-0.2, 0) is 13.1 Å². The van der Waals surface area contributed by atoms with Gasteiger partial charge in [0.1, 0.15) is 0 Å². The van der Waals surface area contributed by atoms with Gasteiger partial charge >= 0.3 is 0 Å². The van der Waals surface area contributed by atoms with Gasteiger partial charge in [-0.05, 0) is 17.2 Å². The van der Waals surface area contributed by atoms with Gasteiger partial charge in [0.15, 0.2) is 0 Å². The number of nitrogens with one attached hydrogen (secondary N) is 2. The molecule has 2 amide bonds. The molecule has 0 atom stereocenters. The van der Waals surface area contributed by atoms with Crippen molar-refractivity contribution in [2.24, 2.45) is 0 Å². The second-order valence-corrected chi connectivity index (χ2v) is 6.36. The molecule has 7 heteroatoms. The second-order valence-electron chi connectivity index (χ2n) is 6.36. The largest absolute Gasteiger partial charge is 0.348 e. The van der Waals surface area contributed by atoms with Crippen LogP contribution in [0.25, 0.3) is 0 Å². The molecule has 0 aromatic heterocycles. The molecule has 0 heterocycles. The van der Waals surface area contributed by atoms with E-state index in [1.54, 1.807) is 0 Å². The fourth-order valence-electron chi connectivity index (χ4n) is 2.74. The number of carbonyl (C=O) groups is 2. The highest BCUT2D eigenvalue weighted by atomic mass is 16.6. The van der Waals surface area contributed by atoms with E-state index in [1.165, 1.54) is 6.07 Å². The van der Waals surface area contributed by atoms with Gasteiger partial charge < -0.3 is 10.6 Å². The first-order chi connectivity index (χ1) is 14.0. The third-order valence-electron chi connectivity index (χ3n) is 4.24. The molecule has 0 fully saturated rings. The number of non-ortho nitro benzene ring substituents is 1. The van der Waals surface area contributed by atoms with Crippen molar-refractivity contribution >= 4 is 17.5 Å². The van der Waals surface area contributed by atoms with Crippen molar-refractivity contribution in [2.75, 3.05) is 0 Å². The smallest absolute Gasteiger partial charge is 0.271 e. The number of nitro benzene ring substituents is 1. The third kappa shape index (κ3) is 5.49. The van der Waals surface area contributed by atoms with Crippen molar-refractivity contribution < 1.29 is 14.5 Å². The third-order valence-corrected chi connectivity index (χ3v) is 4.24. The molecule has 0 aliphatic heterocycles. The van der Waals surface area contributed by atoms with E-state index in [4.69, 9.17) is 0 Å². The Morgan fingerprint density at radius 2 is 1.14 bits per heavy atom. The molecule has 3 aromatic rings. The molecule has 0 spiro atoms. The zero-order valence-corrected chi connectivity index (χ0v) is 15.5. The summed E-state index contributed by atoms with van der Waals surface area (Å²) in [6, 6.07) is 22.2. The zero-order valence-electron chi connectivity index (χ0n) is 15.5. The normalized spacial score (nSPS) is 10.2. The number of rotatable bonds is 7. The van der Waals surface area contributed by atoms with Crippen molar-refractivity contribution in [3.63, 3.8) is 0 Å². The summed E-state index contributed by atoms with van der Waals surface area (Å²) >= 11 is 0. The molecule has 0 aliphatic rings. The molecule has 0 saturated carbocycles. The predicted octanol–water partition coefficient (Wildman–Crippen LogP) is 3.45. The number of amides is 2. The number of benzene rings is 3. The summed E-state index contributed by atoms with van der Waals surface area (Å²) in [7, 11) is 0. The lowest BCUT2D eigenvalue weighted by Gasteiger charge is -2.09. The van der Waals surface area contributed by atoms with Crippen LogP contribution in [0.1, 0.15) is 31.8 Å². The number of carbonyl (C=O) groups excluding carboxylic acids is 2. The van der Waals surface area contributed by atoms with Crippen molar-refractivity contribution in [3.8, 4) is 0 Å². The Morgan fingerprint density at radius 1 is 0.724 bits per heavy atom. The monoisotopic (exact) mass is 389 g/mol. The van der Waals surface area contributed by atoms with E-state index < -0.39 is 16.7 Å². The van der Waals surface area contributed by atoms with Crippen LogP contribution in [0.5, 0.6) is 0 Å². The minimum atomic E-state index is -0.623. The first-order valence-corrected chi connectivity index (χ1v) is 8.96. The summed E-state index contributed by atoms with van der Waals surface area (Å²) in [4.78, 5) is 35.6. The van der Waals surface area contributed by atoms with Gasteiger partial charge in [0, 0.05) is 36.3 Å². The number of nitrogens with zero attached hydrogens (tertiary/aromatic N) is 1. The first-order valence-electron chi connectivity index (χ1n) is 8.96. The topological polar surface area (TPSA) is 101 Å². The Hall–Kier alpha value is -4.00. The second kappa shape index (κ2) is 9.27. The number of nitro groups is 1. The molecule has 146 valence electrons. The maximum atomic E-state index is 12.5. The summed E-state index contributed by atoms with van der Waals surface area (Å²) in [6.07, 6.45) is 0. The van der Waals surface area contributed by atoms with Gasteiger partial charge in [-0.1, -0.05) is 60.7 Å². The highest BCUT2D eigenvalue weighted by Gasteiger charge is 2.18. The standard InChI is InChI=1S/C22H19N3O4/c26-21(23-14-16-7-3-1-4-8-16)18-11-19(13-20(12-18)25(28)29)22(27)24-15-17-9-5-2-6-10-17/h1-13H,14-15H2,(H,23,26)(H,24,27). The molecule has 0 saturated heterocycles. The molecule has 0 unspecified atom stereocenters.